The van der Waals surface area contributed by atoms with Crippen LogP contribution < -0.4 is 5.32 Å². The fourth-order valence-electron chi connectivity index (χ4n) is 2.03. The van der Waals surface area contributed by atoms with Gasteiger partial charge in [-0.1, -0.05) is 29.8 Å². The van der Waals surface area contributed by atoms with Crippen molar-refractivity contribution in [3.8, 4) is 11.1 Å². The zero-order chi connectivity index (χ0) is 14.8. The van der Waals surface area contributed by atoms with Gasteiger partial charge in [-0.2, -0.15) is 13.2 Å². The molecule has 0 heterocycles. The molecule has 0 saturated heterocycles. The SMILES string of the molecule is CNCc1ccc(Cl)cc1-c1cccc(C(F)(F)F)c1. The predicted molar refractivity (Wildman–Crippen MR) is 74.7 cm³/mol. The molecule has 0 bridgehead atoms. The van der Waals surface area contributed by atoms with Crippen molar-refractivity contribution >= 4 is 11.6 Å². The average Bonchev–Trinajstić information content (AvgIpc) is 2.40. The summed E-state index contributed by atoms with van der Waals surface area (Å²) >= 11 is 5.95. The van der Waals surface area contributed by atoms with Crippen LogP contribution in [0, 0.1) is 0 Å². The van der Waals surface area contributed by atoms with Crippen LogP contribution >= 0.6 is 11.6 Å². The van der Waals surface area contributed by atoms with Gasteiger partial charge in [-0.05, 0) is 48.0 Å². The van der Waals surface area contributed by atoms with Gasteiger partial charge in [-0.25, -0.2) is 0 Å². The van der Waals surface area contributed by atoms with Crippen molar-refractivity contribution in [3.63, 3.8) is 0 Å². The van der Waals surface area contributed by atoms with E-state index in [1.165, 1.54) is 6.07 Å². The van der Waals surface area contributed by atoms with E-state index in [9.17, 15) is 13.2 Å². The topological polar surface area (TPSA) is 12.0 Å². The highest BCUT2D eigenvalue weighted by molar-refractivity contribution is 6.30. The number of rotatable bonds is 3. The van der Waals surface area contributed by atoms with Gasteiger partial charge in [-0.3, -0.25) is 0 Å². The van der Waals surface area contributed by atoms with Gasteiger partial charge in [0.1, 0.15) is 0 Å². The standard InChI is InChI=1S/C15H13ClF3N/c1-20-9-11-5-6-13(16)8-14(11)10-3-2-4-12(7-10)15(17,18)19/h2-8,20H,9H2,1H3. The molecule has 0 amide bonds. The largest absolute Gasteiger partial charge is 0.416 e. The maximum absolute atomic E-state index is 12.8. The first-order chi connectivity index (χ1) is 9.41. The Hall–Kier alpha value is -1.52. The van der Waals surface area contributed by atoms with E-state index in [4.69, 9.17) is 11.6 Å². The van der Waals surface area contributed by atoms with Crippen molar-refractivity contribution in [3.05, 3.63) is 58.6 Å². The number of nitrogens with one attached hydrogen (secondary N) is 1. The second-order valence-electron chi connectivity index (χ2n) is 4.41. The third-order valence-electron chi connectivity index (χ3n) is 2.94. The van der Waals surface area contributed by atoms with Gasteiger partial charge in [0.05, 0.1) is 5.56 Å². The van der Waals surface area contributed by atoms with Gasteiger partial charge in [0.25, 0.3) is 0 Å². The van der Waals surface area contributed by atoms with E-state index in [0.29, 0.717) is 22.7 Å². The van der Waals surface area contributed by atoms with E-state index in [0.717, 1.165) is 17.7 Å². The van der Waals surface area contributed by atoms with Crippen molar-refractivity contribution in [1.82, 2.24) is 5.32 Å². The van der Waals surface area contributed by atoms with Gasteiger partial charge in [0.15, 0.2) is 0 Å². The van der Waals surface area contributed by atoms with Crippen LogP contribution in [-0.4, -0.2) is 7.05 Å². The van der Waals surface area contributed by atoms with Gasteiger partial charge in [0.2, 0.25) is 0 Å². The molecule has 1 N–H and O–H groups in total. The molecule has 0 saturated carbocycles. The second-order valence-corrected chi connectivity index (χ2v) is 4.85. The highest BCUT2D eigenvalue weighted by Crippen LogP contribution is 2.34. The highest BCUT2D eigenvalue weighted by atomic mass is 35.5. The third-order valence-corrected chi connectivity index (χ3v) is 3.18. The fourth-order valence-corrected chi connectivity index (χ4v) is 2.20. The lowest BCUT2D eigenvalue weighted by molar-refractivity contribution is -0.137. The zero-order valence-electron chi connectivity index (χ0n) is 10.8. The molecule has 0 radical (unpaired) electrons. The Morgan fingerprint density at radius 3 is 2.50 bits per heavy atom. The molecular formula is C15H13ClF3N. The first kappa shape index (κ1) is 14.9. The zero-order valence-corrected chi connectivity index (χ0v) is 11.5. The van der Waals surface area contributed by atoms with Crippen molar-refractivity contribution in [2.75, 3.05) is 7.05 Å². The lowest BCUT2D eigenvalue weighted by atomic mass is 9.98. The molecule has 1 nitrogen and oxygen atoms in total. The van der Waals surface area contributed by atoms with Crippen LogP contribution in [0.3, 0.4) is 0 Å². The van der Waals surface area contributed by atoms with Crippen molar-refractivity contribution in [2.45, 2.75) is 12.7 Å². The van der Waals surface area contributed by atoms with E-state index in [1.807, 2.05) is 6.07 Å². The van der Waals surface area contributed by atoms with Gasteiger partial charge < -0.3 is 5.32 Å². The van der Waals surface area contributed by atoms with E-state index < -0.39 is 11.7 Å². The summed E-state index contributed by atoms with van der Waals surface area (Å²) in [5, 5.41) is 3.49. The molecule has 0 aliphatic heterocycles. The van der Waals surface area contributed by atoms with Crippen LogP contribution in [0.25, 0.3) is 11.1 Å². The number of benzene rings is 2. The lowest BCUT2D eigenvalue weighted by Crippen LogP contribution is -2.07. The second kappa shape index (κ2) is 5.85. The summed E-state index contributed by atoms with van der Waals surface area (Å²) in [4.78, 5) is 0. The molecule has 2 aromatic carbocycles. The normalized spacial score (nSPS) is 11.7. The molecule has 106 valence electrons. The smallest absolute Gasteiger partial charge is 0.316 e. The van der Waals surface area contributed by atoms with Crippen LogP contribution in [0.15, 0.2) is 42.5 Å². The lowest BCUT2D eigenvalue weighted by Gasteiger charge is -2.13. The Bertz CT molecular complexity index is 608. The molecule has 2 aromatic rings. The molecule has 20 heavy (non-hydrogen) atoms. The molecule has 0 aliphatic carbocycles. The Morgan fingerprint density at radius 1 is 1.10 bits per heavy atom. The molecule has 0 aliphatic rings. The first-order valence-corrected chi connectivity index (χ1v) is 6.40. The van der Waals surface area contributed by atoms with Gasteiger partial charge in [0, 0.05) is 11.6 Å². The van der Waals surface area contributed by atoms with Crippen molar-refractivity contribution in [2.24, 2.45) is 0 Å². The first-order valence-electron chi connectivity index (χ1n) is 6.02. The molecule has 0 unspecified atom stereocenters. The number of halogens is 4. The Kier molecular flexibility index (Phi) is 4.35. The molecule has 5 heteroatoms. The highest BCUT2D eigenvalue weighted by Gasteiger charge is 2.30. The summed E-state index contributed by atoms with van der Waals surface area (Å²) in [7, 11) is 1.78. The van der Waals surface area contributed by atoms with E-state index >= 15 is 0 Å². The summed E-state index contributed by atoms with van der Waals surface area (Å²) in [6.07, 6.45) is -4.35. The summed E-state index contributed by atoms with van der Waals surface area (Å²) in [6, 6.07) is 10.5. The van der Waals surface area contributed by atoms with Crippen LogP contribution in [0.5, 0.6) is 0 Å². The van der Waals surface area contributed by atoms with E-state index in [1.54, 1.807) is 25.2 Å². The number of hydrogen-bond donors (Lipinski definition) is 1. The minimum atomic E-state index is -4.35. The molecule has 0 spiro atoms. The summed E-state index contributed by atoms with van der Waals surface area (Å²) in [6.45, 7) is 0.558. The van der Waals surface area contributed by atoms with E-state index in [-0.39, 0.29) is 0 Å². The van der Waals surface area contributed by atoms with Crippen LogP contribution in [0.4, 0.5) is 13.2 Å². The van der Waals surface area contributed by atoms with E-state index in [2.05, 4.69) is 5.32 Å². The average molecular weight is 300 g/mol. The number of alkyl halides is 3. The molecule has 0 atom stereocenters. The third kappa shape index (κ3) is 3.32. The quantitative estimate of drug-likeness (QED) is 0.863. The predicted octanol–water partition coefficient (Wildman–Crippen LogP) is 4.75. The van der Waals surface area contributed by atoms with Crippen molar-refractivity contribution < 1.29 is 13.2 Å². The minimum absolute atomic E-state index is 0.497. The Labute approximate surface area is 120 Å². The van der Waals surface area contributed by atoms with Crippen LogP contribution in [0.2, 0.25) is 5.02 Å². The maximum Gasteiger partial charge on any atom is 0.416 e. The van der Waals surface area contributed by atoms with Crippen molar-refractivity contribution in [1.29, 1.82) is 0 Å². The summed E-state index contributed by atoms with van der Waals surface area (Å²) in [5.74, 6) is 0. The Balaban J connectivity index is 2.53. The molecule has 0 aromatic heterocycles. The van der Waals surface area contributed by atoms with Gasteiger partial charge >= 0.3 is 6.18 Å². The molecule has 2 rings (SSSR count). The Morgan fingerprint density at radius 2 is 1.85 bits per heavy atom. The van der Waals surface area contributed by atoms with Crippen LogP contribution in [0.1, 0.15) is 11.1 Å². The summed E-state index contributed by atoms with van der Waals surface area (Å²) < 4.78 is 38.3. The minimum Gasteiger partial charge on any atom is -0.316 e. The van der Waals surface area contributed by atoms with Crippen LogP contribution in [-0.2, 0) is 12.7 Å². The monoisotopic (exact) mass is 299 g/mol. The maximum atomic E-state index is 12.8. The number of hydrogen-bond acceptors (Lipinski definition) is 1. The summed E-state index contributed by atoms with van der Waals surface area (Å²) in [5.41, 5.74) is 1.45. The van der Waals surface area contributed by atoms with Gasteiger partial charge in [-0.15, -0.1) is 0 Å². The molecular weight excluding hydrogens is 287 g/mol. The molecule has 0 fully saturated rings. The fraction of sp³-hybridized carbons (Fsp3) is 0.200.